The Labute approximate surface area is 259 Å². The molecule has 0 unspecified atom stereocenters. The number of pyridine rings is 1. The second-order valence-corrected chi connectivity index (χ2v) is 13.9. The van der Waals surface area contributed by atoms with Crippen molar-refractivity contribution in [3.05, 3.63) is 59.7 Å². The van der Waals surface area contributed by atoms with Gasteiger partial charge in [-0.1, -0.05) is 18.2 Å². The van der Waals surface area contributed by atoms with Crippen molar-refractivity contribution in [2.45, 2.75) is 103 Å². The Morgan fingerprint density at radius 1 is 1.02 bits per heavy atom. The van der Waals surface area contributed by atoms with Gasteiger partial charge in [0, 0.05) is 42.3 Å². The molecule has 1 aromatic carbocycles. The van der Waals surface area contributed by atoms with E-state index in [0.717, 1.165) is 5.56 Å². The lowest BCUT2D eigenvalue weighted by Gasteiger charge is -2.40. The molecule has 44 heavy (non-hydrogen) atoms. The fourth-order valence-corrected chi connectivity index (χ4v) is 5.27. The number of carbonyl (C=O) groups excluding carboxylic acids is 3. The van der Waals surface area contributed by atoms with E-state index in [9.17, 15) is 18.8 Å². The van der Waals surface area contributed by atoms with Crippen LogP contribution in [0.5, 0.6) is 5.75 Å². The molecule has 1 saturated carbocycles. The number of alkyl carbamates (subject to hydrolysis) is 1. The van der Waals surface area contributed by atoms with Gasteiger partial charge in [-0.3, -0.25) is 9.69 Å². The van der Waals surface area contributed by atoms with Crippen LogP contribution >= 0.6 is 0 Å². The summed E-state index contributed by atoms with van der Waals surface area (Å²) in [5.74, 6) is -0.251. The summed E-state index contributed by atoms with van der Waals surface area (Å²) in [6, 6.07) is 10.5. The molecule has 0 bridgehead atoms. The van der Waals surface area contributed by atoms with Gasteiger partial charge < -0.3 is 24.4 Å². The molecule has 2 aromatic rings. The molecule has 2 atom stereocenters. The van der Waals surface area contributed by atoms with Gasteiger partial charge in [-0.25, -0.2) is 14.6 Å². The second-order valence-electron chi connectivity index (χ2n) is 13.9. The molecule has 2 aliphatic rings. The number of hydrogen-bond donors (Lipinski definition) is 1. The highest BCUT2D eigenvalue weighted by Crippen LogP contribution is 2.48. The van der Waals surface area contributed by atoms with Crippen LogP contribution in [0.25, 0.3) is 0 Å². The molecule has 2 fully saturated rings. The number of nitrogens with one attached hydrogen (secondary N) is 1. The molecule has 11 heteroatoms. The van der Waals surface area contributed by atoms with E-state index in [2.05, 4.69) is 10.3 Å². The molecule has 1 aromatic heterocycles. The SMILES string of the molecule is CC1(NC(=O)OC(C)(C)C)CCN(C(=O)CN(C(=O)OC(C)(C)C)[C@@H]2C[C@H]2c2ccccc2OCc2cccnc2F)CC1. The number of hydrogen-bond acceptors (Lipinski definition) is 7. The van der Waals surface area contributed by atoms with Crippen LogP contribution in [-0.2, 0) is 20.9 Å². The van der Waals surface area contributed by atoms with Crippen LogP contribution in [0.1, 0.15) is 84.8 Å². The van der Waals surface area contributed by atoms with Gasteiger partial charge in [-0.15, -0.1) is 0 Å². The monoisotopic (exact) mass is 612 g/mol. The number of ether oxygens (including phenoxy) is 3. The van der Waals surface area contributed by atoms with Crippen LogP contribution in [0.15, 0.2) is 42.6 Å². The van der Waals surface area contributed by atoms with Crippen molar-refractivity contribution in [2.75, 3.05) is 19.6 Å². The third kappa shape index (κ3) is 9.06. The van der Waals surface area contributed by atoms with Gasteiger partial charge in [0.15, 0.2) is 0 Å². The van der Waals surface area contributed by atoms with Crippen molar-refractivity contribution in [1.29, 1.82) is 0 Å². The topological polar surface area (TPSA) is 110 Å². The zero-order chi connectivity index (χ0) is 32.3. The third-order valence-corrected chi connectivity index (χ3v) is 7.65. The zero-order valence-corrected chi connectivity index (χ0v) is 26.8. The molecule has 240 valence electrons. The fraction of sp³-hybridized carbons (Fsp3) is 0.576. The van der Waals surface area contributed by atoms with E-state index in [4.69, 9.17) is 14.2 Å². The van der Waals surface area contributed by atoms with Crippen molar-refractivity contribution in [3.8, 4) is 5.75 Å². The van der Waals surface area contributed by atoms with Crippen LogP contribution in [0.2, 0.25) is 0 Å². The minimum absolute atomic E-state index is 0.0129. The normalized spacial score (nSPS) is 19.5. The summed E-state index contributed by atoms with van der Waals surface area (Å²) in [6.45, 7) is 13.5. The molecular formula is C33H45FN4O6. The Morgan fingerprint density at radius 3 is 2.32 bits per heavy atom. The largest absolute Gasteiger partial charge is 0.488 e. The lowest BCUT2D eigenvalue weighted by Crippen LogP contribution is -2.56. The van der Waals surface area contributed by atoms with Crippen LogP contribution in [0.4, 0.5) is 14.0 Å². The first kappa shape index (κ1) is 33.0. The number of halogens is 1. The molecule has 1 N–H and O–H groups in total. The summed E-state index contributed by atoms with van der Waals surface area (Å²) in [4.78, 5) is 46.2. The van der Waals surface area contributed by atoms with Crippen molar-refractivity contribution in [3.63, 3.8) is 0 Å². The average Bonchev–Trinajstić information content (AvgIpc) is 3.69. The quantitative estimate of drug-likeness (QED) is 0.375. The lowest BCUT2D eigenvalue weighted by atomic mass is 9.89. The van der Waals surface area contributed by atoms with Crippen LogP contribution < -0.4 is 10.1 Å². The highest BCUT2D eigenvalue weighted by atomic mass is 19.1. The molecule has 0 radical (unpaired) electrons. The van der Waals surface area contributed by atoms with Crippen molar-refractivity contribution < 1.29 is 33.0 Å². The summed E-state index contributed by atoms with van der Waals surface area (Å²) < 4.78 is 31.2. The molecule has 2 heterocycles. The van der Waals surface area contributed by atoms with Crippen molar-refractivity contribution >= 4 is 18.1 Å². The minimum Gasteiger partial charge on any atom is -0.488 e. The number of aromatic nitrogens is 1. The van der Waals surface area contributed by atoms with Crippen LogP contribution in [-0.4, -0.2) is 75.3 Å². The standard InChI is InChI=1S/C33H45FN4O6/c1-31(2,3)43-29(40)36-33(7)14-17-37(18-15-33)27(39)20-38(30(41)44-32(4,5)6)25-19-24(25)23-12-8-9-13-26(23)42-21-22-11-10-16-35-28(22)34/h8-13,16,24-25H,14-15,17-21H2,1-7H3,(H,36,40)/t24-,25+/m0/s1. The van der Waals surface area contributed by atoms with Gasteiger partial charge in [0.05, 0.1) is 0 Å². The van der Waals surface area contributed by atoms with Gasteiger partial charge in [0.2, 0.25) is 11.9 Å². The molecule has 10 nitrogen and oxygen atoms in total. The van der Waals surface area contributed by atoms with E-state index in [1.54, 1.807) is 37.8 Å². The van der Waals surface area contributed by atoms with Gasteiger partial charge in [-0.2, -0.15) is 4.39 Å². The molecule has 1 aliphatic heterocycles. The zero-order valence-electron chi connectivity index (χ0n) is 26.8. The first-order chi connectivity index (χ1) is 20.5. The van der Waals surface area contributed by atoms with E-state index in [1.165, 1.54) is 11.1 Å². The molecule has 1 aliphatic carbocycles. The van der Waals surface area contributed by atoms with Crippen LogP contribution in [0, 0.1) is 5.95 Å². The fourth-order valence-electron chi connectivity index (χ4n) is 5.27. The van der Waals surface area contributed by atoms with Crippen molar-refractivity contribution in [2.24, 2.45) is 0 Å². The maximum Gasteiger partial charge on any atom is 0.411 e. The molecule has 1 saturated heterocycles. The molecule has 0 spiro atoms. The number of carbonyl (C=O) groups is 3. The number of para-hydroxylation sites is 1. The highest BCUT2D eigenvalue weighted by molar-refractivity contribution is 5.83. The average molecular weight is 613 g/mol. The number of nitrogens with zero attached hydrogens (tertiary/aromatic N) is 3. The maximum atomic E-state index is 14.1. The molecule has 3 amide bonds. The summed E-state index contributed by atoms with van der Waals surface area (Å²) in [5.41, 5.74) is -0.627. The van der Waals surface area contributed by atoms with Crippen molar-refractivity contribution in [1.82, 2.24) is 20.1 Å². The molecule has 4 rings (SSSR count). The Hall–Kier alpha value is -3.89. The van der Waals surface area contributed by atoms with Gasteiger partial charge in [0.25, 0.3) is 0 Å². The summed E-state index contributed by atoms with van der Waals surface area (Å²) >= 11 is 0. The number of piperidine rings is 1. The molecular weight excluding hydrogens is 567 g/mol. The Balaban J connectivity index is 1.42. The van der Waals surface area contributed by atoms with Gasteiger partial charge >= 0.3 is 12.2 Å². The van der Waals surface area contributed by atoms with Gasteiger partial charge in [0.1, 0.15) is 30.1 Å². The number of rotatable bonds is 8. The number of likely N-dealkylation sites (tertiary alicyclic amines) is 1. The minimum atomic E-state index is -0.738. The number of amides is 3. The lowest BCUT2D eigenvalue weighted by molar-refractivity contribution is -0.134. The van der Waals surface area contributed by atoms with E-state index in [0.29, 0.717) is 43.7 Å². The van der Waals surface area contributed by atoms with E-state index in [1.807, 2.05) is 52.0 Å². The van der Waals surface area contributed by atoms with E-state index < -0.39 is 34.9 Å². The highest BCUT2D eigenvalue weighted by Gasteiger charge is 2.48. The first-order valence-corrected chi connectivity index (χ1v) is 15.1. The van der Waals surface area contributed by atoms with E-state index in [-0.39, 0.29) is 31.0 Å². The third-order valence-electron chi connectivity index (χ3n) is 7.65. The summed E-state index contributed by atoms with van der Waals surface area (Å²) in [6.07, 6.45) is 2.09. The summed E-state index contributed by atoms with van der Waals surface area (Å²) in [5, 5.41) is 2.96. The Bertz CT molecular complexity index is 1350. The second kappa shape index (κ2) is 13.0. The Morgan fingerprint density at radius 2 is 1.68 bits per heavy atom. The summed E-state index contributed by atoms with van der Waals surface area (Å²) in [7, 11) is 0. The number of benzene rings is 1. The Kier molecular flexibility index (Phi) is 9.75. The van der Waals surface area contributed by atoms with Crippen LogP contribution in [0.3, 0.4) is 0 Å². The van der Waals surface area contributed by atoms with E-state index >= 15 is 0 Å². The predicted molar refractivity (Wildman–Crippen MR) is 163 cm³/mol. The van der Waals surface area contributed by atoms with Gasteiger partial charge in [-0.05, 0) is 91.5 Å². The maximum absolute atomic E-state index is 14.1. The first-order valence-electron chi connectivity index (χ1n) is 15.1. The predicted octanol–water partition coefficient (Wildman–Crippen LogP) is 5.80. The smallest absolute Gasteiger partial charge is 0.411 e.